The molecule has 0 aromatic heterocycles. The number of hydrogen-bond donors (Lipinski definition) is 2. The molecule has 0 saturated carbocycles. The van der Waals surface area contributed by atoms with Crippen molar-refractivity contribution in [3.63, 3.8) is 0 Å². The van der Waals surface area contributed by atoms with E-state index >= 15 is 0 Å². The van der Waals surface area contributed by atoms with E-state index in [1.54, 1.807) is 24.3 Å². The monoisotopic (exact) mass is 286 g/mol. The number of benzene rings is 2. The van der Waals surface area contributed by atoms with Crippen molar-refractivity contribution in [1.82, 2.24) is 5.32 Å². The van der Waals surface area contributed by atoms with Crippen molar-refractivity contribution in [3.8, 4) is 5.75 Å². The van der Waals surface area contributed by atoms with Gasteiger partial charge in [0.15, 0.2) is 0 Å². The summed E-state index contributed by atoms with van der Waals surface area (Å²) in [4.78, 5) is 10.4. The van der Waals surface area contributed by atoms with Gasteiger partial charge in [0.25, 0.3) is 5.69 Å². The van der Waals surface area contributed by atoms with Crippen molar-refractivity contribution in [2.75, 3.05) is 6.54 Å². The highest BCUT2D eigenvalue weighted by Crippen LogP contribution is 2.19. The Morgan fingerprint density at radius 2 is 1.95 bits per heavy atom. The van der Waals surface area contributed by atoms with Crippen LogP contribution in [0.1, 0.15) is 24.1 Å². The fourth-order valence-electron chi connectivity index (χ4n) is 2.12. The first-order valence-corrected chi connectivity index (χ1v) is 6.82. The number of non-ortho nitro benzene ring substituents is 1. The lowest BCUT2D eigenvalue weighted by atomic mass is 10.1. The maximum Gasteiger partial charge on any atom is 0.269 e. The minimum absolute atomic E-state index is 0.0435. The zero-order chi connectivity index (χ0) is 15.2. The highest BCUT2D eigenvalue weighted by molar-refractivity contribution is 5.35. The summed E-state index contributed by atoms with van der Waals surface area (Å²) in [6.45, 7) is 2.74. The summed E-state index contributed by atoms with van der Waals surface area (Å²) in [5.41, 5.74) is 2.14. The molecule has 0 aliphatic heterocycles. The molecule has 1 unspecified atom stereocenters. The van der Waals surface area contributed by atoms with Gasteiger partial charge in [0.05, 0.1) is 4.92 Å². The van der Waals surface area contributed by atoms with Crippen LogP contribution < -0.4 is 5.32 Å². The Hall–Kier alpha value is -2.40. The predicted molar refractivity (Wildman–Crippen MR) is 81.3 cm³/mol. The second kappa shape index (κ2) is 6.85. The molecule has 0 spiro atoms. The average Bonchev–Trinajstić information content (AvgIpc) is 2.49. The number of nitro benzene ring substituents is 1. The molecule has 21 heavy (non-hydrogen) atoms. The number of phenolic OH excluding ortho intramolecular Hbond substituents is 1. The summed E-state index contributed by atoms with van der Waals surface area (Å²) < 4.78 is 0. The maximum absolute atomic E-state index is 10.8. The Morgan fingerprint density at radius 1 is 1.24 bits per heavy atom. The molecule has 0 aliphatic carbocycles. The standard InChI is InChI=1S/C16H18N2O3/c1-12(14-3-2-4-15(11-14)18(20)21)17-10-9-13-5-7-16(19)8-6-13/h2-8,11-12,17,19H,9-10H2,1H3. The first-order valence-electron chi connectivity index (χ1n) is 6.82. The smallest absolute Gasteiger partial charge is 0.269 e. The number of nitrogens with zero attached hydrogens (tertiary/aromatic N) is 1. The van der Waals surface area contributed by atoms with Gasteiger partial charge in [-0.1, -0.05) is 24.3 Å². The van der Waals surface area contributed by atoms with E-state index < -0.39 is 0 Å². The predicted octanol–water partition coefficient (Wildman–Crippen LogP) is 3.19. The first-order chi connectivity index (χ1) is 10.1. The molecule has 2 rings (SSSR count). The number of hydrogen-bond acceptors (Lipinski definition) is 4. The lowest BCUT2D eigenvalue weighted by Crippen LogP contribution is -2.21. The molecular weight excluding hydrogens is 268 g/mol. The normalized spacial score (nSPS) is 12.0. The third-order valence-electron chi connectivity index (χ3n) is 3.38. The van der Waals surface area contributed by atoms with Gasteiger partial charge < -0.3 is 10.4 Å². The van der Waals surface area contributed by atoms with Crippen LogP contribution in [0.2, 0.25) is 0 Å². The topological polar surface area (TPSA) is 75.4 Å². The lowest BCUT2D eigenvalue weighted by Gasteiger charge is -2.14. The molecule has 0 radical (unpaired) electrons. The zero-order valence-electron chi connectivity index (χ0n) is 11.8. The van der Waals surface area contributed by atoms with E-state index in [4.69, 9.17) is 0 Å². The van der Waals surface area contributed by atoms with Crippen molar-refractivity contribution in [2.24, 2.45) is 0 Å². The van der Waals surface area contributed by atoms with Crippen LogP contribution in [0.3, 0.4) is 0 Å². The molecule has 0 fully saturated rings. The molecule has 2 N–H and O–H groups in total. The second-order valence-electron chi connectivity index (χ2n) is 4.94. The zero-order valence-corrected chi connectivity index (χ0v) is 11.8. The van der Waals surface area contributed by atoms with Crippen molar-refractivity contribution in [2.45, 2.75) is 19.4 Å². The van der Waals surface area contributed by atoms with Gasteiger partial charge in [-0.3, -0.25) is 10.1 Å². The van der Waals surface area contributed by atoms with Crippen LogP contribution in [0, 0.1) is 10.1 Å². The van der Waals surface area contributed by atoms with Crippen molar-refractivity contribution < 1.29 is 10.0 Å². The molecule has 2 aromatic rings. The number of aromatic hydroxyl groups is 1. The Morgan fingerprint density at radius 3 is 2.62 bits per heavy atom. The third-order valence-corrected chi connectivity index (χ3v) is 3.38. The summed E-state index contributed by atoms with van der Waals surface area (Å²) in [6, 6.07) is 13.8. The first kappa shape index (κ1) is 15.0. The fraction of sp³-hybridized carbons (Fsp3) is 0.250. The largest absolute Gasteiger partial charge is 0.508 e. The number of nitrogens with one attached hydrogen (secondary N) is 1. The number of nitro groups is 1. The Balaban J connectivity index is 1.89. The molecule has 2 aromatic carbocycles. The summed E-state index contributed by atoms with van der Waals surface area (Å²) in [5, 5.41) is 23.3. The molecular formula is C16H18N2O3. The molecule has 0 amide bonds. The van der Waals surface area contributed by atoms with Gasteiger partial charge in [-0.05, 0) is 43.1 Å². The average molecular weight is 286 g/mol. The van der Waals surface area contributed by atoms with E-state index in [0.29, 0.717) is 0 Å². The summed E-state index contributed by atoms with van der Waals surface area (Å²) >= 11 is 0. The van der Waals surface area contributed by atoms with Crippen LogP contribution in [0.4, 0.5) is 5.69 Å². The minimum Gasteiger partial charge on any atom is -0.508 e. The van der Waals surface area contributed by atoms with Crippen molar-refractivity contribution >= 4 is 5.69 Å². The van der Waals surface area contributed by atoms with Gasteiger partial charge in [0.2, 0.25) is 0 Å². The summed E-state index contributed by atoms with van der Waals surface area (Å²) in [7, 11) is 0. The van der Waals surface area contributed by atoms with Gasteiger partial charge in [-0.15, -0.1) is 0 Å². The van der Waals surface area contributed by atoms with Crippen LogP contribution in [-0.2, 0) is 6.42 Å². The van der Waals surface area contributed by atoms with Crippen LogP contribution in [-0.4, -0.2) is 16.6 Å². The van der Waals surface area contributed by atoms with Crippen LogP contribution in [0.5, 0.6) is 5.75 Å². The molecule has 5 nitrogen and oxygen atoms in total. The van der Waals surface area contributed by atoms with E-state index in [0.717, 1.165) is 24.1 Å². The molecule has 110 valence electrons. The summed E-state index contributed by atoms with van der Waals surface area (Å²) in [6.07, 6.45) is 0.833. The third kappa shape index (κ3) is 4.29. The molecule has 1 atom stereocenters. The van der Waals surface area contributed by atoms with Crippen molar-refractivity contribution in [1.29, 1.82) is 0 Å². The van der Waals surface area contributed by atoms with Crippen LogP contribution in [0.25, 0.3) is 0 Å². The van der Waals surface area contributed by atoms with E-state index in [2.05, 4.69) is 5.32 Å². The van der Waals surface area contributed by atoms with Crippen molar-refractivity contribution in [3.05, 3.63) is 69.8 Å². The number of phenols is 1. The molecule has 0 aliphatic rings. The molecule has 0 heterocycles. The van der Waals surface area contributed by atoms with Gasteiger partial charge in [0, 0.05) is 18.2 Å². The lowest BCUT2D eigenvalue weighted by molar-refractivity contribution is -0.384. The molecule has 0 bridgehead atoms. The minimum atomic E-state index is -0.382. The maximum atomic E-state index is 10.8. The molecule has 0 saturated heterocycles. The van der Waals surface area contributed by atoms with Gasteiger partial charge in [0.1, 0.15) is 5.75 Å². The summed E-state index contributed by atoms with van der Waals surface area (Å²) in [5.74, 6) is 0.261. The quantitative estimate of drug-likeness (QED) is 0.631. The highest BCUT2D eigenvalue weighted by Gasteiger charge is 2.10. The second-order valence-corrected chi connectivity index (χ2v) is 4.94. The van der Waals surface area contributed by atoms with E-state index in [1.807, 2.05) is 25.1 Å². The van der Waals surface area contributed by atoms with Gasteiger partial charge >= 0.3 is 0 Å². The Labute approximate surface area is 123 Å². The highest BCUT2D eigenvalue weighted by atomic mass is 16.6. The van der Waals surface area contributed by atoms with Crippen LogP contribution in [0.15, 0.2) is 48.5 Å². The van der Waals surface area contributed by atoms with E-state index in [1.165, 1.54) is 6.07 Å². The number of rotatable bonds is 6. The Kier molecular flexibility index (Phi) is 4.90. The SMILES string of the molecule is CC(NCCc1ccc(O)cc1)c1cccc([N+](=O)[O-])c1. The fourth-order valence-corrected chi connectivity index (χ4v) is 2.12. The molecule has 5 heteroatoms. The van der Waals surface area contributed by atoms with Gasteiger partial charge in [-0.2, -0.15) is 0 Å². The van der Waals surface area contributed by atoms with Gasteiger partial charge in [-0.25, -0.2) is 0 Å². The Bertz CT molecular complexity index is 611. The van der Waals surface area contributed by atoms with E-state index in [9.17, 15) is 15.2 Å². The van der Waals surface area contributed by atoms with Crippen LogP contribution >= 0.6 is 0 Å². The van der Waals surface area contributed by atoms with E-state index in [-0.39, 0.29) is 22.4 Å².